The lowest BCUT2D eigenvalue weighted by Crippen LogP contribution is -1.93. The van der Waals surface area contributed by atoms with Crippen molar-refractivity contribution in [2.45, 2.75) is 9.79 Å². The van der Waals surface area contributed by atoms with Crippen LogP contribution in [0.15, 0.2) is 64.4 Å². The minimum Gasteiger partial charge on any atom is -0.497 e. The highest BCUT2D eigenvalue weighted by Crippen LogP contribution is 2.20. The highest BCUT2D eigenvalue weighted by molar-refractivity contribution is 7.85. The average Bonchev–Trinajstić information content (AvgIpc) is 2.39. The lowest BCUT2D eigenvalue weighted by Gasteiger charge is -2.04. The minimum atomic E-state index is -1.14. The molecule has 2 nitrogen and oxygen atoms in total. The second-order valence-corrected chi connectivity index (χ2v) is 4.74. The molecule has 0 aliphatic heterocycles. The molecule has 0 fully saturated rings. The largest absolute Gasteiger partial charge is 0.497 e. The van der Waals surface area contributed by atoms with Crippen LogP contribution in [0.25, 0.3) is 0 Å². The maximum absolute atomic E-state index is 12.2. The Balaban J connectivity index is 2.34. The van der Waals surface area contributed by atoms with Crippen LogP contribution in [0, 0.1) is 0 Å². The predicted molar refractivity (Wildman–Crippen MR) is 64.1 cm³/mol. The van der Waals surface area contributed by atoms with Gasteiger partial charge in [-0.1, -0.05) is 24.3 Å². The molecule has 0 aliphatic carbocycles. The van der Waals surface area contributed by atoms with Gasteiger partial charge in [0.1, 0.15) is 5.75 Å². The van der Waals surface area contributed by atoms with E-state index < -0.39 is 10.8 Å². The van der Waals surface area contributed by atoms with E-state index in [0.717, 1.165) is 15.5 Å². The molecule has 2 aromatic rings. The molecule has 0 N–H and O–H groups in total. The molecule has 0 bridgehead atoms. The van der Waals surface area contributed by atoms with Gasteiger partial charge in [-0.3, -0.25) is 0 Å². The zero-order chi connectivity index (χ0) is 11.4. The van der Waals surface area contributed by atoms with E-state index in [4.69, 9.17) is 4.74 Å². The molecule has 0 saturated carbocycles. The Morgan fingerprint density at radius 1 is 0.938 bits per heavy atom. The van der Waals surface area contributed by atoms with E-state index in [1.54, 1.807) is 13.2 Å². The van der Waals surface area contributed by atoms with Gasteiger partial charge in [-0.2, -0.15) is 0 Å². The molecule has 1 atom stereocenters. The third kappa shape index (κ3) is 2.31. The molecule has 0 aromatic heterocycles. The van der Waals surface area contributed by atoms with E-state index in [-0.39, 0.29) is 0 Å². The fourth-order valence-electron chi connectivity index (χ4n) is 1.40. The topological polar surface area (TPSA) is 26.3 Å². The predicted octanol–water partition coefficient (Wildman–Crippen LogP) is 2.86. The van der Waals surface area contributed by atoms with Crippen molar-refractivity contribution in [1.82, 2.24) is 0 Å². The molecule has 1 unspecified atom stereocenters. The van der Waals surface area contributed by atoms with Crippen molar-refractivity contribution in [2.75, 3.05) is 7.11 Å². The van der Waals surface area contributed by atoms with Crippen LogP contribution in [-0.2, 0) is 10.8 Å². The quantitative estimate of drug-likeness (QED) is 0.813. The van der Waals surface area contributed by atoms with Crippen LogP contribution in [0.1, 0.15) is 0 Å². The third-order valence-electron chi connectivity index (χ3n) is 2.21. The lowest BCUT2D eigenvalue weighted by atomic mass is 10.3. The summed E-state index contributed by atoms with van der Waals surface area (Å²) in [7, 11) is 0.463. The first-order valence-electron chi connectivity index (χ1n) is 4.92. The van der Waals surface area contributed by atoms with E-state index >= 15 is 0 Å². The third-order valence-corrected chi connectivity index (χ3v) is 3.59. The van der Waals surface area contributed by atoms with Crippen LogP contribution in [0.5, 0.6) is 5.75 Å². The number of rotatable bonds is 3. The molecule has 3 heteroatoms. The smallest absolute Gasteiger partial charge is 0.120 e. The van der Waals surface area contributed by atoms with Crippen molar-refractivity contribution in [3.05, 3.63) is 54.6 Å². The monoisotopic (exact) mass is 232 g/mol. The highest BCUT2D eigenvalue weighted by atomic mass is 32.2. The first kappa shape index (κ1) is 10.9. The molecule has 0 heterocycles. The highest BCUT2D eigenvalue weighted by Gasteiger charge is 2.06. The molecular formula is C13H12O2S. The first-order chi connectivity index (χ1) is 7.81. The van der Waals surface area contributed by atoms with Crippen molar-refractivity contribution in [1.29, 1.82) is 0 Å². The van der Waals surface area contributed by atoms with Gasteiger partial charge in [0, 0.05) is 9.79 Å². The maximum atomic E-state index is 12.2. The number of hydrogen-bond acceptors (Lipinski definition) is 2. The fraction of sp³-hybridized carbons (Fsp3) is 0.0769. The van der Waals surface area contributed by atoms with Gasteiger partial charge in [0.05, 0.1) is 17.9 Å². The second kappa shape index (κ2) is 4.94. The van der Waals surface area contributed by atoms with Crippen molar-refractivity contribution >= 4 is 10.8 Å². The van der Waals surface area contributed by atoms with Gasteiger partial charge < -0.3 is 4.74 Å². The van der Waals surface area contributed by atoms with Crippen LogP contribution in [0.4, 0.5) is 0 Å². The van der Waals surface area contributed by atoms with Gasteiger partial charge in [-0.15, -0.1) is 0 Å². The first-order valence-corrected chi connectivity index (χ1v) is 6.07. The van der Waals surface area contributed by atoms with Gasteiger partial charge in [-0.05, 0) is 30.3 Å². The van der Waals surface area contributed by atoms with E-state index in [9.17, 15) is 4.21 Å². The Bertz CT molecular complexity index is 494. The summed E-state index contributed by atoms with van der Waals surface area (Å²) in [5.74, 6) is 0.724. The van der Waals surface area contributed by atoms with Crippen molar-refractivity contribution in [2.24, 2.45) is 0 Å². The summed E-state index contributed by atoms with van der Waals surface area (Å²) < 4.78 is 17.3. The minimum absolute atomic E-state index is 0.724. The number of hydrogen-bond donors (Lipinski definition) is 0. The summed E-state index contributed by atoms with van der Waals surface area (Å²) in [4.78, 5) is 1.56. The van der Waals surface area contributed by atoms with Crippen molar-refractivity contribution < 1.29 is 8.95 Å². The van der Waals surface area contributed by atoms with Gasteiger partial charge in [0.25, 0.3) is 0 Å². The van der Waals surface area contributed by atoms with E-state index in [2.05, 4.69) is 0 Å². The molecule has 2 rings (SSSR count). The van der Waals surface area contributed by atoms with Crippen molar-refractivity contribution in [3.63, 3.8) is 0 Å². The fourth-order valence-corrected chi connectivity index (χ4v) is 2.50. The average molecular weight is 232 g/mol. The Labute approximate surface area is 97.3 Å². The van der Waals surface area contributed by atoms with E-state index in [1.165, 1.54) is 0 Å². The standard InChI is InChI=1S/C13H12O2S/c1-15-11-6-5-9-13(10-11)16(14)12-7-3-2-4-8-12/h2-10H,1H3. The van der Waals surface area contributed by atoms with Crippen molar-refractivity contribution in [3.8, 4) is 5.75 Å². The van der Waals surface area contributed by atoms with Gasteiger partial charge in [-0.25, -0.2) is 4.21 Å². The molecule has 82 valence electrons. The van der Waals surface area contributed by atoms with E-state index in [0.29, 0.717) is 0 Å². The lowest BCUT2D eigenvalue weighted by molar-refractivity contribution is 0.413. The Morgan fingerprint density at radius 3 is 2.31 bits per heavy atom. The summed E-state index contributed by atoms with van der Waals surface area (Å²) in [6.45, 7) is 0. The SMILES string of the molecule is COc1cccc(S(=O)c2ccccc2)c1. The summed E-state index contributed by atoms with van der Waals surface area (Å²) in [6, 6.07) is 16.7. The van der Waals surface area contributed by atoms with Gasteiger partial charge in [0.15, 0.2) is 0 Å². The Morgan fingerprint density at radius 2 is 1.62 bits per heavy atom. The molecule has 0 amide bonds. The number of methoxy groups -OCH3 is 1. The zero-order valence-electron chi connectivity index (χ0n) is 8.92. The normalized spacial score (nSPS) is 12.1. The zero-order valence-corrected chi connectivity index (χ0v) is 9.74. The van der Waals surface area contributed by atoms with Crippen LogP contribution in [0.3, 0.4) is 0 Å². The Kier molecular flexibility index (Phi) is 3.37. The molecular weight excluding hydrogens is 220 g/mol. The van der Waals surface area contributed by atoms with Gasteiger partial charge in [0.2, 0.25) is 0 Å². The van der Waals surface area contributed by atoms with Crippen LogP contribution >= 0.6 is 0 Å². The maximum Gasteiger partial charge on any atom is 0.120 e. The molecule has 0 aliphatic rings. The summed E-state index contributed by atoms with van der Waals surface area (Å²) in [6.07, 6.45) is 0. The molecule has 0 spiro atoms. The van der Waals surface area contributed by atoms with Gasteiger partial charge >= 0.3 is 0 Å². The van der Waals surface area contributed by atoms with Crippen LogP contribution < -0.4 is 4.74 Å². The summed E-state index contributed by atoms with van der Waals surface area (Å²) in [5.41, 5.74) is 0. The number of benzene rings is 2. The number of ether oxygens (including phenoxy) is 1. The van der Waals surface area contributed by atoms with Crippen LogP contribution in [-0.4, -0.2) is 11.3 Å². The molecule has 2 aromatic carbocycles. The second-order valence-electron chi connectivity index (χ2n) is 3.26. The molecule has 16 heavy (non-hydrogen) atoms. The molecule has 0 radical (unpaired) electrons. The molecule has 0 saturated heterocycles. The summed E-state index contributed by atoms with van der Waals surface area (Å²) >= 11 is 0. The van der Waals surface area contributed by atoms with Crippen LogP contribution in [0.2, 0.25) is 0 Å². The van der Waals surface area contributed by atoms with E-state index in [1.807, 2.05) is 48.5 Å². The Hall–Kier alpha value is -1.61. The summed E-state index contributed by atoms with van der Waals surface area (Å²) in [5, 5.41) is 0.